The molecule has 4 aromatic rings. The summed E-state index contributed by atoms with van der Waals surface area (Å²) in [6, 6.07) is 13.2. The second-order valence-corrected chi connectivity index (χ2v) is 6.98. The van der Waals surface area contributed by atoms with E-state index in [1.165, 1.54) is 27.7 Å². The molecule has 0 fully saturated rings. The number of thiazole rings is 1. The molecule has 23 heavy (non-hydrogen) atoms. The first-order valence-electron chi connectivity index (χ1n) is 6.87. The quantitative estimate of drug-likeness (QED) is 0.569. The molecule has 0 spiro atoms. The first kappa shape index (κ1) is 14.2. The highest BCUT2D eigenvalue weighted by Crippen LogP contribution is 2.25. The Morgan fingerprint density at radius 3 is 2.74 bits per heavy atom. The third-order valence-corrected chi connectivity index (χ3v) is 5.64. The van der Waals surface area contributed by atoms with Crippen LogP contribution in [-0.2, 0) is 0 Å². The van der Waals surface area contributed by atoms with E-state index in [0.717, 1.165) is 15.1 Å². The number of thioether (sulfide) groups is 1. The lowest BCUT2D eigenvalue weighted by Gasteiger charge is -2.08. The van der Waals surface area contributed by atoms with Gasteiger partial charge in [-0.3, -0.25) is 9.78 Å². The standard InChI is InChI=1S/C16H11N3O2S2/c1-22-16-18-13-12(23-16)14(20)19(15(21)17-13)11-8-4-6-9-5-2-3-7-10(9)11/h2-8H,1H3,(H,17,21). The van der Waals surface area contributed by atoms with Gasteiger partial charge in [0.1, 0.15) is 4.70 Å². The van der Waals surface area contributed by atoms with Gasteiger partial charge in [-0.15, -0.1) is 11.3 Å². The van der Waals surface area contributed by atoms with Crippen molar-refractivity contribution in [2.45, 2.75) is 4.34 Å². The number of hydrogen-bond donors (Lipinski definition) is 1. The molecule has 1 N–H and O–H groups in total. The third kappa shape index (κ3) is 2.20. The van der Waals surface area contributed by atoms with E-state index in [1.807, 2.05) is 42.7 Å². The molecule has 114 valence electrons. The molecular weight excluding hydrogens is 330 g/mol. The van der Waals surface area contributed by atoms with Gasteiger partial charge in [0.25, 0.3) is 5.56 Å². The number of fused-ring (bicyclic) bond motifs is 2. The minimum atomic E-state index is -0.475. The second-order valence-electron chi connectivity index (χ2n) is 4.93. The first-order chi connectivity index (χ1) is 11.2. The number of nitrogens with zero attached hydrogens (tertiary/aromatic N) is 2. The fourth-order valence-electron chi connectivity index (χ4n) is 2.59. The van der Waals surface area contributed by atoms with Crippen LogP contribution in [0.2, 0.25) is 0 Å². The molecule has 0 amide bonds. The van der Waals surface area contributed by atoms with Crippen molar-refractivity contribution >= 4 is 44.2 Å². The van der Waals surface area contributed by atoms with Crippen LogP contribution < -0.4 is 11.2 Å². The Labute approximate surface area is 138 Å². The highest BCUT2D eigenvalue weighted by molar-refractivity contribution is 8.00. The largest absolute Gasteiger partial charge is 0.334 e. The Kier molecular flexibility index (Phi) is 3.32. The van der Waals surface area contributed by atoms with E-state index in [9.17, 15) is 9.59 Å². The van der Waals surface area contributed by atoms with Crippen molar-refractivity contribution in [2.75, 3.05) is 6.26 Å². The van der Waals surface area contributed by atoms with Crippen LogP contribution in [0.1, 0.15) is 0 Å². The van der Waals surface area contributed by atoms with Gasteiger partial charge in [-0.2, -0.15) is 0 Å². The van der Waals surface area contributed by atoms with Crippen molar-refractivity contribution < 1.29 is 0 Å². The van der Waals surface area contributed by atoms with Crippen molar-refractivity contribution in [1.29, 1.82) is 0 Å². The Morgan fingerprint density at radius 2 is 1.91 bits per heavy atom. The number of H-pyrrole nitrogens is 1. The molecule has 0 bridgehead atoms. The maximum atomic E-state index is 12.8. The number of aromatic nitrogens is 3. The molecule has 0 aliphatic carbocycles. The van der Waals surface area contributed by atoms with E-state index in [2.05, 4.69) is 9.97 Å². The summed E-state index contributed by atoms with van der Waals surface area (Å²) < 4.78 is 2.40. The lowest BCUT2D eigenvalue weighted by atomic mass is 10.1. The molecule has 2 aromatic heterocycles. The van der Waals surface area contributed by atoms with E-state index in [0.29, 0.717) is 16.0 Å². The topological polar surface area (TPSA) is 67.8 Å². The number of aromatic amines is 1. The smallest absolute Gasteiger partial charge is 0.290 e. The minimum absolute atomic E-state index is 0.335. The van der Waals surface area contributed by atoms with E-state index < -0.39 is 5.69 Å². The molecule has 0 atom stereocenters. The molecule has 4 rings (SSSR count). The molecule has 0 aliphatic heterocycles. The zero-order valence-electron chi connectivity index (χ0n) is 12.1. The van der Waals surface area contributed by atoms with Crippen LogP contribution in [0.15, 0.2) is 56.4 Å². The summed E-state index contributed by atoms with van der Waals surface area (Å²) in [7, 11) is 0. The highest BCUT2D eigenvalue weighted by atomic mass is 32.2. The van der Waals surface area contributed by atoms with E-state index in [1.54, 1.807) is 6.07 Å². The van der Waals surface area contributed by atoms with Gasteiger partial charge in [0, 0.05) is 5.39 Å². The zero-order chi connectivity index (χ0) is 16.0. The summed E-state index contributed by atoms with van der Waals surface area (Å²) in [6.07, 6.45) is 1.89. The summed E-state index contributed by atoms with van der Waals surface area (Å²) in [4.78, 5) is 32.3. The van der Waals surface area contributed by atoms with Crippen LogP contribution in [0.25, 0.3) is 26.8 Å². The predicted molar refractivity (Wildman–Crippen MR) is 95.1 cm³/mol. The van der Waals surface area contributed by atoms with Crippen LogP contribution in [0.5, 0.6) is 0 Å². The molecule has 7 heteroatoms. The number of nitrogens with one attached hydrogen (secondary N) is 1. The molecule has 5 nitrogen and oxygen atoms in total. The van der Waals surface area contributed by atoms with Crippen LogP contribution >= 0.6 is 23.1 Å². The number of benzene rings is 2. The Morgan fingerprint density at radius 1 is 1.13 bits per heavy atom. The van der Waals surface area contributed by atoms with E-state index in [-0.39, 0.29) is 5.56 Å². The fourth-order valence-corrected chi connectivity index (χ4v) is 4.04. The third-order valence-electron chi connectivity index (χ3n) is 3.62. The Hall–Kier alpha value is -2.38. The van der Waals surface area contributed by atoms with Crippen molar-refractivity contribution in [1.82, 2.24) is 14.5 Å². The summed E-state index contributed by atoms with van der Waals surface area (Å²) in [5.74, 6) is 0. The SMILES string of the molecule is CSc1nc2[nH]c(=O)n(-c3cccc4ccccc34)c(=O)c2s1. The first-order valence-corrected chi connectivity index (χ1v) is 8.91. The number of rotatable bonds is 2. The summed E-state index contributed by atoms with van der Waals surface area (Å²) in [5, 5.41) is 1.84. The van der Waals surface area contributed by atoms with Crippen molar-refractivity contribution in [2.24, 2.45) is 0 Å². The number of hydrogen-bond acceptors (Lipinski definition) is 5. The molecule has 2 heterocycles. The van der Waals surface area contributed by atoms with Gasteiger partial charge in [-0.25, -0.2) is 14.3 Å². The zero-order valence-corrected chi connectivity index (χ0v) is 13.7. The highest BCUT2D eigenvalue weighted by Gasteiger charge is 2.15. The van der Waals surface area contributed by atoms with Crippen LogP contribution in [0.4, 0.5) is 0 Å². The molecule has 0 aliphatic rings. The van der Waals surface area contributed by atoms with Crippen LogP contribution in [0.3, 0.4) is 0 Å². The maximum Gasteiger partial charge on any atom is 0.334 e. The molecular formula is C16H11N3O2S2. The average Bonchev–Trinajstić information content (AvgIpc) is 2.98. The van der Waals surface area contributed by atoms with Crippen LogP contribution in [0, 0.1) is 0 Å². The van der Waals surface area contributed by atoms with Crippen LogP contribution in [-0.4, -0.2) is 20.8 Å². The summed E-state index contributed by atoms with van der Waals surface area (Å²) in [6.45, 7) is 0. The predicted octanol–water partition coefficient (Wildman–Crippen LogP) is 3.01. The Bertz CT molecular complexity index is 1150. The maximum absolute atomic E-state index is 12.8. The van der Waals surface area contributed by atoms with Gasteiger partial charge in [0.2, 0.25) is 0 Å². The lowest BCUT2D eigenvalue weighted by molar-refractivity contribution is 0.905. The van der Waals surface area contributed by atoms with Gasteiger partial charge >= 0.3 is 5.69 Å². The normalized spacial score (nSPS) is 11.3. The fraction of sp³-hybridized carbons (Fsp3) is 0.0625. The minimum Gasteiger partial charge on any atom is -0.290 e. The Balaban J connectivity index is 2.13. The van der Waals surface area contributed by atoms with E-state index in [4.69, 9.17) is 0 Å². The molecule has 0 unspecified atom stereocenters. The summed E-state index contributed by atoms with van der Waals surface area (Å²) >= 11 is 2.75. The lowest BCUT2D eigenvalue weighted by Crippen LogP contribution is -2.33. The average molecular weight is 341 g/mol. The van der Waals surface area contributed by atoms with Gasteiger partial charge in [-0.05, 0) is 17.7 Å². The van der Waals surface area contributed by atoms with Crippen molar-refractivity contribution in [3.8, 4) is 5.69 Å². The van der Waals surface area contributed by atoms with Crippen molar-refractivity contribution in [3.63, 3.8) is 0 Å². The van der Waals surface area contributed by atoms with E-state index >= 15 is 0 Å². The van der Waals surface area contributed by atoms with Gasteiger partial charge in [0.05, 0.1) is 5.69 Å². The molecule has 2 aromatic carbocycles. The molecule has 0 saturated carbocycles. The molecule has 0 saturated heterocycles. The van der Waals surface area contributed by atoms with Gasteiger partial charge in [0.15, 0.2) is 9.99 Å². The molecule has 0 radical (unpaired) electrons. The van der Waals surface area contributed by atoms with Crippen molar-refractivity contribution in [3.05, 3.63) is 63.3 Å². The van der Waals surface area contributed by atoms with Gasteiger partial charge < -0.3 is 0 Å². The van der Waals surface area contributed by atoms with Gasteiger partial charge in [-0.1, -0.05) is 48.2 Å². The monoisotopic (exact) mass is 341 g/mol. The summed E-state index contributed by atoms with van der Waals surface area (Å²) in [5.41, 5.74) is 0.121. The second kappa shape index (κ2) is 5.36.